The number of pyridine rings is 1. The number of aryl methyl sites for hydroxylation is 1. The molecule has 1 amide bonds. The minimum Gasteiger partial charge on any atom is -0.478 e. The highest BCUT2D eigenvalue weighted by atomic mass is 16.5. The van der Waals surface area contributed by atoms with Crippen molar-refractivity contribution < 1.29 is 19.9 Å². The van der Waals surface area contributed by atoms with Crippen molar-refractivity contribution in [3.63, 3.8) is 0 Å². The molecule has 8 nitrogen and oxygen atoms in total. The summed E-state index contributed by atoms with van der Waals surface area (Å²) in [4.78, 5) is 26.9. The van der Waals surface area contributed by atoms with Gasteiger partial charge in [0, 0.05) is 6.20 Å². The van der Waals surface area contributed by atoms with Gasteiger partial charge in [-0.3, -0.25) is 14.4 Å². The van der Waals surface area contributed by atoms with Crippen molar-refractivity contribution in [3.05, 3.63) is 29.6 Å². The Kier molecular flexibility index (Phi) is 5.53. The van der Waals surface area contributed by atoms with Crippen LogP contribution < -0.4 is 10.8 Å². The number of carboxylic acid groups (broad SMARTS) is 1. The third-order valence-corrected chi connectivity index (χ3v) is 3.50. The highest BCUT2D eigenvalue weighted by Gasteiger charge is 2.14. The van der Waals surface area contributed by atoms with Crippen LogP contribution in [0, 0.1) is 0 Å². The number of fused-ring (bicyclic) bond motifs is 1. The molecule has 0 fully saturated rings. The summed E-state index contributed by atoms with van der Waals surface area (Å²) in [6.07, 6.45) is 5.28. The fourth-order valence-corrected chi connectivity index (χ4v) is 2.33. The van der Waals surface area contributed by atoms with Gasteiger partial charge in [0.05, 0.1) is 17.8 Å². The Morgan fingerprint density at radius 3 is 2.74 bits per heavy atom. The lowest BCUT2D eigenvalue weighted by atomic mass is 10.1. The first-order valence-corrected chi connectivity index (χ1v) is 7.48. The lowest BCUT2D eigenvalue weighted by Crippen LogP contribution is -2.27. The first-order chi connectivity index (χ1) is 11.1. The number of nitrogens with zero attached hydrogens (tertiary/aromatic N) is 2. The number of aromatic nitrogens is 2. The molecule has 0 aliphatic rings. The quantitative estimate of drug-likeness (QED) is 0.334. The van der Waals surface area contributed by atoms with Crippen molar-refractivity contribution in [2.45, 2.75) is 32.6 Å². The second-order valence-electron chi connectivity index (χ2n) is 5.20. The Hall–Kier alpha value is -2.61. The number of carbonyl (C=O) groups is 2. The van der Waals surface area contributed by atoms with E-state index in [1.54, 1.807) is 15.9 Å². The second-order valence-corrected chi connectivity index (χ2v) is 5.20. The van der Waals surface area contributed by atoms with Gasteiger partial charge in [0.2, 0.25) is 0 Å². The second kappa shape index (κ2) is 7.59. The number of carboxylic acids is 1. The number of aromatic carboxylic acids is 1. The predicted octanol–water partition coefficient (Wildman–Crippen LogP) is 1.68. The SMILES string of the molecule is CCCCCc1nc2ccc(C(=O)O)cn2c1NCC(=O)NO. The number of carbonyl (C=O) groups excluding carboxylic acids is 1. The van der Waals surface area contributed by atoms with Gasteiger partial charge in [-0.15, -0.1) is 0 Å². The van der Waals surface area contributed by atoms with E-state index in [0.717, 1.165) is 31.4 Å². The summed E-state index contributed by atoms with van der Waals surface area (Å²) in [6, 6.07) is 3.12. The number of rotatable bonds is 8. The van der Waals surface area contributed by atoms with Gasteiger partial charge in [-0.05, 0) is 25.0 Å². The number of amides is 1. The molecule has 0 aromatic carbocycles. The highest BCUT2D eigenvalue weighted by molar-refractivity contribution is 5.88. The Morgan fingerprint density at radius 2 is 2.09 bits per heavy atom. The molecule has 2 rings (SSSR count). The van der Waals surface area contributed by atoms with Crippen molar-refractivity contribution in [1.29, 1.82) is 0 Å². The molecule has 0 saturated heterocycles. The van der Waals surface area contributed by atoms with Gasteiger partial charge in [0.25, 0.3) is 5.91 Å². The molecule has 0 aliphatic heterocycles. The molecule has 2 aromatic rings. The van der Waals surface area contributed by atoms with E-state index in [-0.39, 0.29) is 12.1 Å². The Labute approximate surface area is 133 Å². The molecule has 0 aliphatic carbocycles. The average molecular weight is 320 g/mol. The first kappa shape index (κ1) is 16.8. The van der Waals surface area contributed by atoms with E-state index in [1.165, 1.54) is 12.3 Å². The van der Waals surface area contributed by atoms with Crippen LogP contribution in [-0.2, 0) is 11.2 Å². The van der Waals surface area contributed by atoms with Crippen molar-refractivity contribution in [1.82, 2.24) is 14.9 Å². The zero-order chi connectivity index (χ0) is 16.8. The van der Waals surface area contributed by atoms with Crippen LogP contribution in [0.5, 0.6) is 0 Å². The van der Waals surface area contributed by atoms with Gasteiger partial charge in [-0.2, -0.15) is 0 Å². The molecule has 0 spiro atoms. The van der Waals surface area contributed by atoms with E-state index < -0.39 is 11.9 Å². The summed E-state index contributed by atoms with van der Waals surface area (Å²) in [7, 11) is 0. The van der Waals surface area contributed by atoms with Crippen molar-refractivity contribution in [2.75, 3.05) is 11.9 Å². The number of hydroxylamine groups is 1. The fraction of sp³-hybridized carbons (Fsp3) is 0.400. The van der Waals surface area contributed by atoms with E-state index in [0.29, 0.717) is 11.5 Å². The van der Waals surface area contributed by atoms with Crippen LogP contribution >= 0.6 is 0 Å². The maximum atomic E-state index is 11.2. The topological polar surface area (TPSA) is 116 Å². The first-order valence-electron chi connectivity index (χ1n) is 7.48. The summed E-state index contributed by atoms with van der Waals surface area (Å²) in [5, 5.41) is 20.6. The van der Waals surface area contributed by atoms with Crippen molar-refractivity contribution >= 4 is 23.3 Å². The van der Waals surface area contributed by atoms with Crippen LogP contribution in [0.3, 0.4) is 0 Å². The van der Waals surface area contributed by atoms with E-state index in [9.17, 15) is 9.59 Å². The number of nitrogens with one attached hydrogen (secondary N) is 2. The van der Waals surface area contributed by atoms with Crippen LogP contribution in [-0.4, -0.2) is 38.1 Å². The van der Waals surface area contributed by atoms with Gasteiger partial charge in [-0.25, -0.2) is 15.3 Å². The van der Waals surface area contributed by atoms with Gasteiger partial charge in [0.15, 0.2) is 0 Å². The summed E-state index contributed by atoms with van der Waals surface area (Å²) >= 11 is 0. The molecule has 2 aromatic heterocycles. The number of hydrogen-bond donors (Lipinski definition) is 4. The van der Waals surface area contributed by atoms with Crippen LogP contribution in [0.15, 0.2) is 18.3 Å². The smallest absolute Gasteiger partial charge is 0.337 e. The summed E-state index contributed by atoms with van der Waals surface area (Å²) in [5.41, 5.74) is 3.06. The van der Waals surface area contributed by atoms with E-state index in [2.05, 4.69) is 17.2 Å². The minimum absolute atomic E-state index is 0.129. The molecule has 0 radical (unpaired) electrons. The molecule has 8 heteroatoms. The Balaban J connectivity index is 2.37. The maximum absolute atomic E-state index is 11.2. The minimum atomic E-state index is -1.04. The number of hydrogen-bond acceptors (Lipinski definition) is 5. The third-order valence-electron chi connectivity index (χ3n) is 3.50. The van der Waals surface area contributed by atoms with Gasteiger partial charge >= 0.3 is 5.97 Å². The molecule has 124 valence electrons. The lowest BCUT2D eigenvalue weighted by molar-refractivity contribution is -0.127. The van der Waals surface area contributed by atoms with Crippen molar-refractivity contribution in [3.8, 4) is 0 Å². The monoisotopic (exact) mass is 320 g/mol. The Morgan fingerprint density at radius 1 is 1.30 bits per heavy atom. The molecule has 0 atom stereocenters. The zero-order valence-corrected chi connectivity index (χ0v) is 12.9. The van der Waals surface area contributed by atoms with Gasteiger partial charge < -0.3 is 10.4 Å². The average Bonchev–Trinajstić information content (AvgIpc) is 2.89. The summed E-state index contributed by atoms with van der Waals surface area (Å²) in [6.45, 7) is 1.97. The molecule has 4 N–H and O–H groups in total. The van der Waals surface area contributed by atoms with Gasteiger partial charge in [-0.1, -0.05) is 19.8 Å². The molecular weight excluding hydrogens is 300 g/mol. The summed E-state index contributed by atoms with van der Waals surface area (Å²) < 4.78 is 1.62. The normalized spacial score (nSPS) is 10.7. The standard InChI is InChI=1S/C15H20N4O4/c1-2-3-4-5-11-14(16-8-13(20)18-23)19-9-10(15(21)22)6-7-12(19)17-11/h6-7,9,16,23H,2-5,8H2,1H3,(H,18,20)(H,21,22). The third kappa shape index (κ3) is 3.98. The van der Waals surface area contributed by atoms with Gasteiger partial charge in [0.1, 0.15) is 11.5 Å². The summed E-state index contributed by atoms with van der Waals surface area (Å²) in [5.74, 6) is -1.05. The number of anilines is 1. The Bertz CT molecular complexity index is 711. The fourth-order valence-electron chi connectivity index (χ4n) is 2.33. The van der Waals surface area contributed by atoms with Crippen LogP contribution in [0.1, 0.15) is 42.2 Å². The van der Waals surface area contributed by atoms with Crippen molar-refractivity contribution in [2.24, 2.45) is 0 Å². The molecule has 23 heavy (non-hydrogen) atoms. The highest BCUT2D eigenvalue weighted by Crippen LogP contribution is 2.21. The molecular formula is C15H20N4O4. The molecule has 0 bridgehead atoms. The molecule has 2 heterocycles. The van der Waals surface area contributed by atoms with Crippen LogP contribution in [0.4, 0.5) is 5.82 Å². The van der Waals surface area contributed by atoms with E-state index in [1.807, 2.05) is 0 Å². The zero-order valence-electron chi connectivity index (χ0n) is 12.9. The largest absolute Gasteiger partial charge is 0.478 e. The number of unbranched alkanes of at least 4 members (excludes halogenated alkanes) is 2. The van der Waals surface area contributed by atoms with Crippen LogP contribution in [0.2, 0.25) is 0 Å². The van der Waals surface area contributed by atoms with E-state index in [4.69, 9.17) is 10.3 Å². The lowest BCUT2D eigenvalue weighted by Gasteiger charge is -2.08. The predicted molar refractivity (Wildman–Crippen MR) is 83.8 cm³/mol. The number of imidazole rings is 1. The van der Waals surface area contributed by atoms with Crippen LogP contribution in [0.25, 0.3) is 5.65 Å². The molecule has 0 unspecified atom stereocenters. The molecule has 0 saturated carbocycles. The van der Waals surface area contributed by atoms with E-state index >= 15 is 0 Å². The maximum Gasteiger partial charge on any atom is 0.337 e.